The molecular formula is C15H23N3O. The fourth-order valence-electron chi connectivity index (χ4n) is 3.03. The quantitative estimate of drug-likeness (QED) is 0.833. The molecule has 2 rings (SSSR count). The molecule has 1 fully saturated rings. The van der Waals surface area contributed by atoms with Gasteiger partial charge in [-0.1, -0.05) is 43.7 Å². The number of nitrogens with two attached hydrogens (primary N) is 1. The van der Waals surface area contributed by atoms with E-state index in [0.717, 1.165) is 44.6 Å². The summed E-state index contributed by atoms with van der Waals surface area (Å²) in [6.45, 7) is 5.63. The Bertz CT molecular complexity index is 415. The van der Waals surface area contributed by atoms with E-state index in [1.807, 2.05) is 30.3 Å². The van der Waals surface area contributed by atoms with E-state index < -0.39 is 5.54 Å². The Kier molecular flexibility index (Phi) is 4.56. The highest BCUT2D eigenvalue weighted by Gasteiger charge is 2.43. The van der Waals surface area contributed by atoms with E-state index in [9.17, 15) is 4.79 Å². The maximum Gasteiger partial charge on any atom is 0.242 e. The summed E-state index contributed by atoms with van der Waals surface area (Å²) < 4.78 is 0. The summed E-state index contributed by atoms with van der Waals surface area (Å²) in [5, 5.41) is 3.33. The standard InChI is InChI=1S/C15H23N3O/c1-2-8-15(14(16)19,13-6-4-3-5-7-13)18-11-9-17-10-12-18/h3-7,17H,2,8-12H2,1H3,(H2,16,19). The second-order valence-corrected chi connectivity index (χ2v) is 5.08. The lowest BCUT2D eigenvalue weighted by atomic mass is 9.82. The first-order chi connectivity index (χ1) is 9.21. The molecule has 1 aliphatic rings. The number of piperazine rings is 1. The van der Waals surface area contributed by atoms with Crippen molar-refractivity contribution in [2.75, 3.05) is 26.2 Å². The van der Waals surface area contributed by atoms with Gasteiger partial charge >= 0.3 is 0 Å². The third kappa shape index (κ3) is 2.65. The molecule has 1 amide bonds. The van der Waals surface area contributed by atoms with Crippen molar-refractivity contribution >= 4 is 5.91 Å². The minimum absolute atomic E-state index is 0.234. The lowest BCUT2D eigenvalue weighted by Crippen LogP contribution is -2.60. The van der Waals surface area contributed by atoms with Gasteiger partial charge in [0.25, 0.3) is 0 Å². The first-order valence-corrected chi connectivity index (χ1v) is 7.03. The summed E-state index contributed by atoms with van der Waals surface area (Å²) in [4.78, 5) is 14.5. The normalized spacial score (nSPS) is 19.8. The van der Waals surface area contributed by atoms with Crippen molar-refractivity contribution in [3.8, 4) is 0 Å². The molecule has 0 saturated carbocycles. The lowest BCUT2D eigenvalue weighted by Gasteiger charge is -2.44. The van der Waals surface area contributed by atoms with Crippen LogP contribution in [0.15, 0.2) is 30.3 Å². The second-order valence-electron chi connectivity index (χ2n) is 5.08. The van der Waals surface area contributed by atoms with E-state index in [4.69, 9.17) is 5.73 Å². The van der Waals surface area contributed by atoms with Gasteiger partial charge < -0.3 is 11.1 Å². The fourth-order valence-corrected chi connectivity index (χ4v) is 3.03. The summed E-state index contributed by atoms with van der Waals surface area (Å²) in [6, 6.07) is 9.96. The molecule has 0 spiro atoms. The van der Waals surface area contributed by atoms with Crippen molar-refractivity contribution in [1.82, 2.24) is 10.2 Å². The van der Waals surface area contributed by atoms with Crippen LogP contribution in [-0.2, 0) is 10.3 Å². The van der Waals surface area contributed by atoms with Gasteiger partial charge in [-0.3, -0.25) is 9.69 Å². The average Bonchev–Trinajstić information content (AvgIpc) is 2.46. The fraction of sp³-hybridized carbons (Fsp3) is 0.533. The van der Waals surface area contributed by atoms with Crippen molar-refractivity contribution in [2.45, 2.75) is 25.3 Å². The molecule has 4 heteroatoms. The van der Waals surface area contributed by atoms with Crippen molar-refractivity contribution in [1.29, 1.82) is 0 Å². The van der Waals surface area contributed by atoms with Crippen LogP contribution in [0.1, 0.15) is 25.3 Å². The number of amides is 1. The topological polar surface area (TPSA) is 58.4 Å². The maximum atomic E-state index is 12.3. The Morgan fingerprint density at radius 1 is 1.32 bits per heavy atom. The number of rotatable bonds is 5. The predicted octanol–water partition coefficient (Wildman–Crippen LogP) is 1.07. The lowest BCUT2D eigenvalue weighted by molar-refractivity contribution is -0.132. The van der Waals surface area contributed by atoms with Gasteiger partial charge in [0.2, 0.25) is 5.91 Å². The Hall–Kier alpha value is -1.39. The van der Waals surface area contributed by atoms with Crippen LogP contribution in [0.2, 0.25) is 0 Å². The maximum absolute atomic E-state index is 12.3. The average molecular weight is 261 g/mol. The Labute approximate surface area is 115 Å². The smallest absolute Gasteiger partial charge is 0.242 e. The second kappa shape index (κ2) is 6.17. The van der Waals surface area contributed by atoms with Gasteiger partial charge in [0, 0.05) is 26.2 Å². The zero-order chi connectivity index (χ0) is 13.7. The molecule has 1 aromatic rings. The third-order valence-corrected chi connectivity index (χ3v) is 3.93. The van der Waals surface area contributed by atoms with E-state index in [2.05, 4.69) is 17.1 Å². The number of primary amides is 1. The molecule has 0 radical (unpaired) electrons. The monoisotopic (exact) mass is 261 g/mol. The van der Waals surface area contributed by atoms with Gasteiger partial charge in [0.1, 0.15) is 5.54 Å². The SMILES string of the molecule is CCCC(C(N)=O)(c1ccccc1)N1CCNCC1. The highest BCUT2D eigenvalue weighted by Crippen LogP contribution is 2.33. The highest BCUT2D eigenvalue weighted by atomic mass is 16.1. The van der Waals surface area contributed by atoms with Crippen LogP contribution in [0, 0.1) is 0 Å². The molecule has 104 valence electrons. The number of hydrogen-bond donors (Lipinski definition) is 2. The molecule has 0 bridgehead atoms. The molecule has 1 aromatic carbocycles. The summed E-state index contributed by atoms with van der Waals surface area (Å²) in [5.74, 6) is -0.234. The summed E-state index contributed by atoms with van der Waals surface area (Å²) in [7, 11) is 0. The Balaban J connectivity index is 2.43. The van der Waals surface area contributed by atoms with Gasteiger partial charge in [-0.25, -0.2) is 0 Å². The number of nitrogens with zero attached hydrogens (tertiary/aromatic N) is 1. The van der Waals surface area contributed by atoms with Gasteiger partial charge in [0.15, 0.2) is 0 Å². The molecule has 3 N–H and O–H groups in total. The van der Waals surface area contributed by atoms with Crippen molar-refractivity contribution in [3.63, 3.8) is 0 Å². The number of hydrogen-bond acceptors (Lipinski definition) is 3. The van der Waals surface area contributed by atoms with Crippen molar-refractivity contribution in [3.05, 3.63) is 35.9 Å². The zero-order valence-electron chi connectivity index (χ0n) is 11.6. The van der Waals surface area contributed by atoms with Crippen LogP contribution in [0.4, 0.5) is 0 Å². The summed E-state index contributed by atoms with van der Waals surface area (Å²) in [6.07, 6.45) is 1.70. The molecule has 4 nitrogen and oxygen atoms in total. The first-order valence-electron chi connectivity index (χ1n) is 7.03. The minimum Gasteiger partial charge on any atom is -0.368 e. The third-order valence-electron chi connectivity index (χ3n) is 3.93. The largest absolute Gasteiger partial charge is 0.368 e. The van der Waals surface area contributed by atoms with E-state index in [1.165, 1.54) is 0 Å². The number of nitrogens with one attached hydrogen (secondary N) is 1. The van der Waals surface area contributed by atoms with E-state index >= 15 is 0 Å². The molecule has 1 heterocycles. The number of benzene rings is 1. The van der Waals surface area contributed by atoms with Gasteiger partial charge in [-0.2, -0.15) is 0 Å². The molecular weight excluding hydrogens is 238 g/mol. The Morgan fingerprint density at radius 2 is 1.95 bits per heavy atom. The first kappa shape index (κ1) is 14.0. The molecule has 0 aliphatic carbocycles. The van der Waals surface area contributed by atoms with Crippen molar-refractivity contribution < 1.29 is 4.79 Å². The van der Waals surface area contributed by atoms with E-state index in [-0.39, 0.29) is 5.91 Å². The van der Waals surface area contributed by atoms with Crippen LogP contribution in [0.25, 0.3) is 0 Å². The van der Waals surface area contributed by atoms with Crippen LogP contribution in [0.3, 0.4) is 0 Å². The predicted molar refractivity (Wildman–Crippen MR) is 76.7 cm³/mol. The van der Waals surface area contributed by atoms with Crippen LogP contribution in [0.5, 0.6) is 0 Å². The molecule has 19 heavy (non-hydrogen) atoms. The highest BCUT2D eigenvalue weighted by molar-refractivity contribution is 5.86. The van der Waals surface area contributed by atoms with Crippen LogP contribution < -0.4 is 11.1 Å². The van der Waals surface area contributed by atoms with Crippen molar-refractivity contribution in [2.24, 2.45) is 5.73 Å². The minimum atomic E-state index is -0.655. The number of carbonyl (C=O) groups is 1. The van der Waals surface area contributed by atoms with Gasteiger partial charge in [-0.15, -0.1) is 0 Å². The molecule has 1 atom stereocenters. The molecule has 1 saturated heterocycles. The van der Waals surface area contributed by atoms with Gasteiger partial charge in [0.05, 0.1) is 0 Å². The van der Waals surface area contributed by atoms with Crippen LogP contribution >= 0.6 is 0 Å². The van der Waals surface area contributed by atoms with E-state index in [0.29, 0.717) is 0 Å². The zero-order valence-corrected chi connectivity index (χ0v) is 11.6. The molecule has 1 aliphatic heterocycles. The van der Waals surface area contributed by atoms with Gasteiger partial charge in [-0.05, 0) is 12.0 Å². The number of carbonyl (C=O) groups excluding carboxylic acids is 1. The van der Waals surface area contributed by atoms with E-state index in [1.54, 1.807) is 0 Å². The summed E-state index contributed by atoms with van der Waals surface area (Å²) >= 11 is 0. The Morgan fingerprint density at radius 3 is 2.47 bits per heavy atom. The molecule has 1 unspecified atom stereocenters. The summed E-state index contributed by atoms with van der Waals surface area (Å²) in [5.41, 5.74) is 6.18. The molecule has 0 aromatic heterocycles. The van der Waals surface area contributed by atoms with Crippen LogP contribution in [-0.4, -0.2) is 37.0 Å².